The van der Waals surface area contributed by atoms with Crippen LogP contribution in [0.4, 0.5) is 4.79 Å². The molecule has 4 nitrogen and oxygen atoms in total. The van der Waals surface area contributed by atoms with Crippen molar-refractivity contribution >= 4 is 6.09 Å². The van der Waals surface area contributed by atoms with E-state index in [0.717, 1.165) is 23.3 Å². The topological polar surface area (TPSA) is 65.5 Å². The summed E-state index contributed by atoms with van der Waals surface area (Å²) in [4.78, 5) is 11.1. The predicted molar refractivity (Wildman–Crippen MR) is 75.0 cm³/mol. The van der Waals surface area contributed by atoms with Gasteiger partial charge in [0.2, 0.25) is 0 Å². The van der Waals surface area contributed by atoms with E-state index >= 15 is 0 Å². The Morgan fingerprint density at radius 1 is 1.40 bits per heavy atom. The van der Waals surface area contributed by atoms with E-state index in [-0.39, 0.29) is 11.5 Å². The fourth-order valence-corrected chi connectivity index (χ4v) is 2.95. The highest BCUT2D eigenvalue weighted by atomic mass is 16.6. The van der Waals surface area contributed by atoms with Gasteiger partial charge >= 0.3 is 6.09 Å². The average molecular weight is 271 g/mol. The molecule has 1 aliphatic carbocycles. The Morgan fingerprint density at radius 2 is 2.20 bits per heavy atom. The van der Waals surface area contributed by atoms with E-state index in [0.29, 0.717) is 0 Å². The lowest BCUT2D eigenvalue weighted by atomic mass is 9.87. The number of hydrogen-bond acceptors (Lipinski definition) is 3. The third kappa shape index (κ3) is 2.07. The zero-order valence-electron chi connectivity index (χ0n) is 11.6. The molecule has 0 bridgehead atoms. The van der Waals surface area contributed by atoms with Gasteiger partial charge in [0.1, 0.15) is 11.9 Å². The molecule has 0 aliphatic heterocycles. The zero-order valence-corrected chi connectivity index (χ0v) is 11.6. The minimum Gasteiger partial charge on any atom is -0.464 e. The van der Waals surface area contributed by atoms with Gasteiger partial charge in [-0.3, -0.25) is 0 Å². The molecule has 0 spiro atoms. The van der Waals surface area contributed by atoms with Crippen molar-refractivity contribution in [1.29, 1.82) is 0 Å². The summed E-state index contributed by atoms with van der Waals surface area (Å²) in [5.41, 5.74) is 8.27. The normalized spacial score (nSPS) is 19.6. The summed E-state index contributed by atoms with van der Waals surface area (Å²) in [6.07, 6.45) is 1.48. The molecule has 1 aliphatic rings. The van der Waals surface area contributed by atoms with Gasteiger partial charge in [-0.05, 0) is 35.7 Å². The number of nitrogens with two attached hydrogens (primary N) is 1. The van der Waals surface area contributed by atoms with Crippen molar-refractivity contribution in [2.75, 3.05) is 0 Å². The van der Waals surface area contributed by atoms with Crippen LogP contribution < -0.4 is 5.73 Å². The summed E-state index contributed by atoms with van der Waals surface area (Å²) in [6, 6.07) is 9.87. The minimum absolute atomic E-state index is 0.154. The second-order valence-electron chi connectivity index (χ2n) is 5.87. The predicted octanol–water partition coefficient (Wildman–Crippen LogP) is 3.67. The second-order valence-corrected chi connectivity index (χ2v) is 5.87. The molecule has 0 fully saturated rings. The van der Waals surface area contributed by atoms with Crippen LogP contribution in [0.3, 0.4) is 0 Å². The highest BCUT2D eigenvalue weighted by Gasteiger charge is 2.41. The summed E-state index contributed by atoms with van der Waals surface area (Å²) >= 11 is 0. The number of carbonyl (C=O) groups is 1. The molecule has 1 unspecified atom stereocenters. The third-order valence-electron chi connectivity index (χ3n) is 3.82. The van der Waals surface area contributed by atoms with Crippen LogP contribution in [0.5, 0.6) is 0 Å². The van der Waals surface area contributed by atoms with Crippen LogP contribution in [0.2, 0.25) is 0 Å². The lowest BCUT2D eigenvalue weighted by molar-refractivity contribution is 0.0392. The Bertz CT molecular complexity index is 644. The number of ether oxygens (including phenoxy) is 1. The first-order valence-corrected chi connectivity index (χ1v) is 6.60. The minimum atomic E-state index is -0.731. The Hall–Kier alpha value is -2.23. The van der Waals surface area contributed by atoms with E-state index in [9.17, 15) is 4.79 Å². The fraction of sp³-hybridized carbons (Fsp3) is 0.312. The van der Waals surface area contributed by atoms with Crippen LogP contribution in [-0.2, 0) is 11.2 Å². The van der Waals surface area contributed by atoms with Crippen molar-refractivity contribution in [1.82, 2.24) is 0 Å². The molecule has 104 valence electrons. The van der Waals surface area contributed by atoms with Crippen LogP contribution in [0, 0.1) is 5.41 Å². The average Bonchev–Trinajstić information content (AvgIpc) is 2.95. The lowest BCUT2D eigenvalue weighted by Crippen LogP contribution is -2.25. The molecule has 0 saturated carbocycles. The second kappa shape index (κ2) is 4.40. The molecule has 1 aromatic heterocycles. The number of rotatable bonds is 2. The molecule has 20 heavy (non-hydrogen) atoms. The number of benzene rings is 1. The van der Waals surface area contributed by atoms with Crippen LogP contribution in [0.1, 0.15) is 31.1 Å². The van der Waals surface area contributed by atoms with E-state index in [2.05, 4.69) is 19.9 Å². The summed E-state index contributed by atoms with van der Waals surface area (Å²) in [5, 5.41) is 0. The van der Waals surface area contributed by atoms with Crippen molar-refractivity contribution < 1.29 is 13.9 Å². The molecular weight excluding hydrogens is 254 g/mol. The summed E-state index contributed by atoms with van der Waals surface area (Å²) in [5.74, 6) is 0.838. The van der Waals surface area contributed by atoms with E-state index < -0.39 is 6.09 Å². The molecule has 2 N–H and O–H groups in total. The summed E-state index contributed by atoms with van der Waals surface area (Å²) < 4.78 is 10.7. The molecule has 4 heteroatoms. The van der Waals surface area contributed by atoms with Crippen LogP contribution in [-0.4, -0.2) is 6.09 Å². The zero-order chi connectivity index (χ0) is 14.3. The van der Waals surface area contributed by atoms with Crippen molar-refractivity contribution in [3.05, 3.63) is 47.7 Å². The van der Waals surface area contributed by atoms with Gasteiger partial charge in [0.05, 0.1) is 6.26 Å². The molecule has 3 rings (SSSR count). The van der Waals surface area contributed by atoms with Crippen molar-refractivity contribution in [3.8, 4) is 11.3 Å². The Labute approximate surface area is 117 Å². The number of furan rings is 1. The van der Waals surface area contributed by atoms with Gasteiger partial charge < -0.3 is 14.9 Å². The van der Waals surface area contributed by atoms with E-state index in [1.54, 1.807) is 6.26 Å². The number of fused-ring (bicyclic) bond motifs is 1. The first-order valence-electron chi connectivity index (χ1n) is 6.60. The smallest absolute Gasteiger partial charge is 0.405 e. The van der Waals surface area contributed by atoms with Gasteiger partial charge in [-0.25, -0.2) is 4.79 Å². The van der Waals surface area contributed by atoms with Crippen molar-refractivity contribution in [3.63, 3.8) is 0 Å². The molecule has 0 saturated heterocycles. The van der Waals surface area contributed by atoms with Gasteiger partial charge in [0.15, 0.2) is 0 Å². The number of amides is 1. The standard InChI is InChI=1S/C16H17NO3/c1-16(2)9-11-8-10(13-4-3-7-19-13)5-6-12(11)14(16)20-15(17)18/h3-8,14H,9H2,1-2H3,(H2,17,18). The van der Waals surface area contributed by atoms with Crippen LogP contribution in [0.25, 0.3) is 11.3 Å². The largest absolute Gasteiger partial charge is 0.464 e. The molecular formula is C16H17NO3. The number of primary amides is 1. The number of carbonyl (C=O) groups excluding carboxylic acids is 1. The maximum atomic E-state index is 11.1. The Kier molecular flexibility index (Phi) is 2.82. The third-order valence-corrected chi connectivity index (χ3v) is 3.82. The van der Waals surface area contributed by atoms with Crippen LogP contribution in [0.15, 0.2) is 41.0 Å². The SMILES string of the molecule is CC1(C)Cc2cc(-c3ccco3)ccc2C1OC(N)=O. The first-order chi connectivity index (χ1) is 9.47. The number of hydrogen-bond donors (Lipinski definition) is 1. The molecule has 1 amide bonds. The molecule has 1 atom stereocenters. The van der Waals surface area contributed by atoms with Gasteiger partial charge in [0, 0.05) is 11.0 Å². The highest BCUT2D eigenvalue weighted by molar-refractivity contribution is 5.66. The first kappa shape index (κ1) is 12.8. The van der Waals surface area contributed by atoms with Gasteiger partial charge in [-0.15, -0.1) is 0 Å². The lowest BCUT2D eigenvalue weighted by Gasteiger charge is -2.26. The van der Waals surface area contributed by atoms with E-state index in [4.69, 9.17) is 14.9 Å². The fourth-order valence-electron chi connectivity index (χ4n) is 2.95. The van der Waals surface area contributed by atoms with Gasteiger partial charge in [-0.1, -0.05) is 26.0 Å². The molecule has 1 heterocycles. The van der Waals surface area contributed by atoms with Crippen molar-refractivity contribution in [2.24, 2.45) is 11.1 Å². The molecule has 2 aromatic rings. The maximum Gasteiger partial charge on any atom is 0.405 e. The summed E-state index contributed by atoms with van der Waals surface area (Å²) in [7, 11) is 0. The quantitative estimate of drug-likeness (QED) is 0.906. The maximum absolute atomic E-state index is 11.1. The summed E-state index contributed by atoms with van der Waals surface area (Å²) in [6.45, 7) is 4.15. The Balaban J connectivity index is 2.01. The highest BCUT2D eigenvalue weighted by Crippen LogP contribution is 2.48. The monoisotopic (exact) mass is 271 g/mol. The van der Waals surface area contributed by atoms with Gasteiger partial charge in [-0.2, -0.15) is 0 Å². The van der Waals surface area contributed by atoms with E-state index in [1.807, 2.05) is 24.3 Å². The molecule has 1 aromatic carbocycles. The Morgan fingerprint density at radius 3 is 2.85 bits per heavy atom. The van der Waals surface area contributed by atoms with Crippen molar-refractivity contribution in [2.45, 2.75) is 26.4 Å². The molecule has 0 radical (unpaired) electrons. The van der Waals surface area contributed by atoms with E-state index in [1.165, 1.54) is 5.56 Å². The van der Waals surface area contributed by atoms with Gasteiger partial charge in [0.25, 0.3) is 0 Å². The van der Waals surface area contributed by atoms with Crippen LogP contribution >= 0.6 is 0 Å².